The van der Waals surface area contributed by atoms with Gasteiger partial charge in [-0.2, -0.15) is 30.7 Å². The second-order valence-corrected chi connectivity index (χ2v) is 12.3. The molecule has 2 aliphatic rings. The Bertz CT molecular complexity index is 1650. The number of benzene rings is 1. The minimum Gasteiger partial charge on any atom is -0.434 e. The number of thioether (sulfide) groups is 1. The zero-order valence-electron chi connectivity index (χ0n) is 24.3. The van der Waals surface area contributed by atoms with Crippen molar-refractivity contribution in [2.75, 3.05) is 69.2 Å². The third kappa shape index (κ3) is 7.54. The summed E-state index contributed by atoms with van der Waals surface area (Å²) in [7, 11) is 0. The van der Waals surface area contributed by atoms with Crippen LogP contribution in [0.25, 0.3) is 16.9 Å². The van der Waals surface area contributed by atoms with Gasteiger partial charge in [-0.15, -0.1) is 0 Å². The van der Waals surface area contributed by atoms with E-state index in [1.165, 1.54) is 57.5 Å². The first-order chi connectivity index (χ1) is 21.8. The molecule has 2 fully saturated rings. The minimum absolute atomic E-state index is 0.111. The Kier molecular flexibility index (Phi) is 9.78. The van der Waals surface area contributed by atoms with E-state index in [-0.39, 0.29) is 45.7 Å². The smallest absolute Gasteiger partial charge is 0.387 e. The molecule has 12 nitrogen and oxygen atoms in total. The highest BCUT2D eigenvalue weighted by molar-refractivity contribution is 7.99. The Morgan fingerprint density at radius 2 is 1.82 bits per heavy atom. The molecule has 2 amide bonds. The van der Waals surface area contributed by atoms with Crippen LogP contribution in [-0.2, 0) is 11.3 Å². The van der Waals surface area contributed by atoms with Crippen molar-refractivity contribution in [1.29, 1.82) is 0 Å². The number of hydrogen-bond donors (Lipinski definition) is 1. The van der Waals surface area contributed by atoms with E-state index in [2.05, 4.69) is 30.3 Å². The van der Waals surface area contributed by atoms with Gasteiger partial charge in [-0.1, -0.05) is 11.6 Å². The summed E-state index contributed by atoms with van der Waals surface area (Å²) >= 11 is 8.22. The number of hydrogen-bond acceptors (Lipinski definition) is 9. The van der Waals surface area contributed by atoms with Crippen LogP contribution in [0.5, 0.6) is 5.75 Å². The highest BCUT2D eigenvalue weighted by Crippen LogP contribution is 2.37. The maximum atomic E-state index is 13.4. The van der Waals surface area contributed by atoms with Gasteiger partial charge in [0.2, 0.25) is 5.91 Å². The molecule has 3 aromatic heterocycles. The number of carbonyl (C=O) groups is 2. The molecule has 1 aromatic carbocycles. The zero-order chi connectivity index (χ0) is 31.3. The maximum Gasteiger partial charge on any atom is 0.387 e. The second kappa shape index (κ2) is 14.1. The summed E-state index contributed by atoms with van der Waals surface area (Å²) in [4.78, 5) is 37.6. The topological polar surface area (TPSA) is 113 Å². The number of fused-ring (bicyclic) bond motifs is 1. The number of aromatic nitrogens is 5. The Balaban J connectivity index is 1.19. The van der Waals surface area contributed by atoms with Crippen LogP contribution in [0.3, 0.4) is 0 Å². The standard InChI is InChI=1S/C29H32ClF2N9O3S/c30-20-2-3-24(44-29(31)32)21(16-20)26-23(35-28(43)22-17-34-41-5-1-4-33-27(22)41)18-40(36-26)19-25(42)39-10-8-37(9-11-39)6-7-38-12-14-45-15-13-38/h1-5,16-18,29H,6-15,19H2,(H,35,43). The van der Waals surface area contributed by atoms with Gasteiger partial charge in [-0.05, 0) is 24.3 Å². The lowest BCUT2D eigenvalue weighted by Gasteiger charge is -2.36. The number of piperazine rings is 1. The number of rotatable bonds is 10. The summed E-state index contributed by atoms with van der Waals surface area (Å²) in [6, 6.07) is 5.82. The van der Waals surface area contributed by atoms with Crippen LogP contribution >= 0.6 is 23.4 Å². The fourth-order valence-electron chi connectivity index (χ4n) is 5.42. The average Bonchev–Trinajstić information content (AvgIpc) is 3.65. The van der Waals surface area contributed by atoms with Crippen LogP contribution in [0.1, 0.15) is 10.4 Å². The van der Waals surface area contributed by atoms with Crippen molar-refractivity contribution in [2.45, 2.75) is 13.2 Å². The molecule has 0 atom stereocenters. The molecule has 2 saturated heterocycles. The van der Waals surface area contributed by atoms with Gasteiger partial charge in [0.05, 0.1) is 11.9 Å². The molecule has 238 valence electrons. The van der Waals surface area contributed by atoms with E-state index >= 15 is 0 Å². The van der Waals surface area contributed by atoms with E-state index in [9.17, 15) is 18.4 Å². The predicted octanol–water partition coefficient (Wildman–Crippen LogP) is 3.29. The van der Waals surface area contributed by atoms with Gasteiger partial charge >= 0.3 is 6.61 Å². The van der Waals surface area contributed by atoms with Crippen LogP contribution in [0.4, 0.5) is 14.5 Å². The van der Waals surface area contributed by atoms with Crippen molar-refractivity contribution in [2.24, 2.45) is 0 Å². The Hall–Kier alpha value is -3.79. The highest BCUT2D eigenvalue weighted by Gasteiger charge is 2.25. The Morgan fingerprint density at radius 1 is 1.07 bits per heavy atom. The van der Waals surface area contributed by atoms with E-state index in [0.717, 1.165) is 39.3 Å². The summed E-state index contributed by atoms with van der Waals surface area (Å²) in [5, 5.41) is 11.7. The lowest BCUT2D eigenvalue weighted by Crippen LogP contribution is -2.51. The Morgan fingerprint density at radius 3 is 2.58 bits per heavy atom. The van der Waals surface area contributed by atoms with Crippen LogP contribution in [-0.4, -0.2) is 121 Å². The lowest BCUT2D eigenvalue weighted by molar-refractivity contribution is -0.133. The molecule has 0 bridgehead atoms. The summed E-state index contributed by atoms with van der Waals surface area (Å²) in [5.41, 5.74) is 0.934. The summed E-state index contributed by atoms with van der Waals surface area (Å²) in [5.74, 6) is 1.49. The largest absolute Gasteiger partial charge is 0.434 e. The second-order valence-electron chi connectivity index (χ2n) is 10.7. The van der Waals surface area contributed by atoms with Gasteiger partial charge in [-0.3, -0.25) is 19.2 Å². The molecular weight excluding hydrogens is 628 g/mol. The molecule has 0 saturated carbocycles. The molecule has 6 rings (SSSR count). The molecule has 5 heterocycles. The van der Waals surface area contributed by atoms with E-state index in [4.69, 9.17) is 16.3 Å². The maximum absolute atomic E-state index is 13.4. The average molecular weight is 660 g/mol. The molecule has 0 radical (unpaired) electrons. The summed E-state index contributed by atoms with van der Waals surface area (Å²) in [6.45, 7) is 3.79. The number of anilines is 1. The number of alkyl halides is 2. The van der Waals surface area contributed by atoms with Crippen LogP contribution in [0.15, 0.2) is 49.1 Å². The van der Waals surface area contributed by atoms with Crippen molar-refractivity contribution in [3.05, 3.63) is 59.6 Å². The van der Waals surface area contributed by atoms with Gasteiger partial charge in [0, 0.05) is 93.0 Å². The normalized spacial score (nSPS) is 16.4. The fourth-order valence-corrected chi connectivity index (χ4v) is 6.57. The SMILES string of the molecule is O=C(Nc1cn(CC(=O)N2CCN(CCN3CCSCC3)CC2)nc1-c1cc(Cl)ccc1OC(F)F)c1cnn2cccnc12. The number of halogens is 3. The summed E-state index contributed by atoms with van der Waals surface area (Å²) in [6.07, 6.45) is 6.06. The van der Waals surface area contributed by atoms with Crippen LogP contribution in [0, 0.1) is 0 Å². The van der Waals surface area contributed by atoms with E-state index in [1.54, 1.807) is 17.2 Å². The molecule has 0 unspecified atom stereocenters. The van der Waals surface area contributed by atoms with Gasteiger partial charge < -0.3 is 19.9 Å². The van der Waals surface area contributed by atoms with E-state index in [1.807, 2.05) is 11.8 Å². The first-order valence-corrected chi connectivity index (χ1v) is 16.1. The fraction of sp³-hybridized carbons (Fsp3) is 0.414. The van der Waals surface area contributed by atoms with Crippen LogP contribution in [0.2, 0.25) is 5.02 Å². The highest BCUT2D eigenvalue weighted by atomic mass is 35.5. The third-order valence-electron chi connectivity index (χ3n) is 7.81. The van der Waals surface area contributed by atoms with Gasteiger partial charge in [0.1, 0.15) is 23.6 Å². The first kappa shape index (κ1) is 31.2. The molecule has 1 N–H and O–H groups in total. The molecular formula is C29H32ClF2N9O3S. The van der Waals surface area contributed by atoms with E-state index in [0.29, 0.717) is 18.7 Å². The van der Waals surface area contributed by atoms with Crippen molar-refractivity contribution in [3.8, 4) is 17.0 Å². The van der Waals surface area contributed by atoms with Crippen LogP contribution < -0.4 is 10.1 Å². The molecule has 16 heteroatoms. The quantitative estimate of drug-likeness (QED) is 0.274. The van der Waals surface area contributed by atoms with Gasteiger partial charge in [-0.25, -0.2) is 9.50 Å². The molecule has 4 aromatic rings. The molecule has 0 aliphatic carbocycles. The lowest BCUT2D eigenvalue weighted by atomic mass is 10.1. The Labute approximate surface area is 267 Å². The zero-order valence-corrected chi connectivity index (χ0v) is 25.9. The number of carbonyl (C=O) groups excluding carboxylic acids is 2. The summed E-state index contributed by atoms with van der Waals surface area (Å²) < 4.78 is 34.2. The van der Waals surface area contributed by atoms with Gasteiger partial charge in [0.15, 0.2) is 5.65 Å². The number of nitrogens with one attached hydrogen (secondary N) is 1. The van der Waals surface area contributed by atoms with E-state index < -0.39 is 12.5 Å². The molecule has 0 spiro atoms. The van der Waals surface area contributed by atoms with Crippen molar-refractivity contribution in [1.82, 2.24) is 39.1 Å². The van der Waals surface area contributed by atoms with Gasteiger partial charge in [0.25, 0.3) is 5.91 Å². The van der Waals surface area contributed by atoms with Crippen molar-refractivity contribution in [3.63, 3.8) is 0 Å². The van der Waals surface area contributed by atoms with Crippen molar-refractivity contribution >= 4 is 46.5 Å². The number of amides is 2. The minimum atomic E-state index is -3.10. The monoisotopic (exact) mass is 659 g/mol. The number of ether oxygens (including phenoxy) is 1. The predicted molar refractivity (Wildman–Crippen MR) is 167 cm³/mol. The first-order valence-electron chi connectivity index (χ1n) is 14.6. The number of nitrogens with zero attached hydrogens (tertiary/aromatic N) is 8. The molecule has 2 aliphatic heterocycles. The third-order valence-corrected chi connectivity index (χ3v) is 8.98. The molecule has 45 heavy (non-hydrogen) atoms. The van der Waals surface area contributed by atoms with Crippen molar-refractivity contribution < 1.29 is 23.1 Å².